The first-order valence-electron chi connectivity index (χ1n) is 8.05. The lowest BCUT2D eigenvalue weighted by Gasteiger charge is -2.34. The van der Waals surface area contributed by atoms with Crippen molar-refractivity contribution in [3.8, 4) is 5.75 Å². The molecule has 0 saturated heterocycles. The third kappa shape index (κ3) is 3.40. The standard InChI is InChI=1S/C20H23NO2/c1-4-16-13-14-21(18-9-5-15(2)6-10-18)23-20(16)17-7-11-19(22-3)12-8-17/h5-13,20H,4,14H2,1-3H3/t20-/m0/s1. The van der Waals surface area contributed by atoms with E-state index in [4.69, 9.17) is 9.57 Å². The summed E-state index contributed by atoms with van der Waals surface area (Å²) in [5, 5.41) is 1.97. The molecule has 0 radical (unpaired) electrons. The van der Waals surface area contributed by atoms with Crippen molar-refractivity contribution in [1.29, 1.82) is 0 Å². The average Bonchev–Trinajstić information content (AvgIpc) is 2.62. The van der Waals surface area contributed by atoms with Crippen LogP contribution in [0.5, 0.6) is 5.75 Å². The van der Waals surface area contributed by atoms with Crippen LogP contribution in [0.3, 0.4) is 0 Å². The SMILES string of the molecule is CCC1=CCN(c2ccc(C)cc2)O[C@@H]1c1ccc(OC)cc1. The zero-order valence-corrected chi connectivity index (χ0v) is 14.0. The minimum atomic E-state index is -0.0408. The first-order chi connectivity index (χ1) is 11.2. The van der Waals surface area contributed by atoms with Crippen LogP contribution in [-0.2, 0) is 4.84 Å². The summed E-state index contributed by atoms with van der Waals surface area (Å²) in [5.41, 5.74) is 4.80. The highest BCUT2D eigenvalue weighted by Crippen LogP contribution is 2.34. The number of hydrogen-bond donors (Lipinski definition) is 0. The summed E-state index contributed by atoms with van der Waals surface area (Å²) in [5.74, 6) is 0.863. The maximum Gasteiger partial charge on any atom is 0.132 e. The molecule has 3 rings (SSSR count). The van der Waals surface area contributed by atoms with Crippen molar-refractivity contribution in [1.82, 2.24) is 0 Å². The van der Waals surface area contributed by atoms with E-state index in [1.54, 1.807) is 7.11 Å². The van der Waals surface area contributed by atoms with Gasteiger partial charge >= 0.3 is 0 Å². The minimum Gasteiger partial charge on any atom is -0.497 e. The van der Waals surface area contributed by atoms with Gasteiger partial charge in [0.15, 0.2) is 0 Å². The van der Waals surface area contributed by atoms with Gasteiger partial charge in [-0.3, -0.25) is 4.84 Å². The van der Waals surface area contributed by atoms with Crippen molar-refractivity contribution in [2.75, 3.05) is 18.7 Å². The summed E-state index contributed by atoms with van der Waals surface area (Å²) in [4.78, 5) is 6.30. The molecule has 0 aliphatic carbocycles. The van der Waals surface area contributed by atoms with Gasteiger partial charge in [-0.15, -0.1) is 0 Å². The van der Waals surface area contributed by atoms with E-state index in [2.05, 4.69) is 56.3 Å². The van der Waals surface area contributed by atoms with E-state index in [0.717, 1.165) is 30.0 Å². The molecule has 0 N–H and O–H groups in total. The third-order valence-electron chi connectivity index (χ3n) is 4.24. The Morgan fingerprint density at radius 1 is 1.09 bits per heavy atom. The molecule has 1 aliphatic heterocycles. The lowest BCUT2D eigenvalue weighted by molar-refractivity contribution is 0.0479. The van der Waals surface area contributed by atoms with Crippen LogP contribution in [-0.4, -0.2) is 13.7 Å². The van der Waals surface area contributed by atoms with Gasteiger partial charge < -0.3 is 4.74 Å². The van der Waals surface area contributed by atoms with E-state index in [1.165, 1.54) is 11.1 Å². The lowest BCUT2D eigenvalue weighted by Crippen LogP contribution is -2.31. The fourth-order valence-electron chi connectivity index (χ4n) is 2.81. The Labute approximate surface area is 138 Å². The number of ether oxygens (including phenoxy) is 1. The third-order valence-corrected chi connectivity index (χ3v) is 4.24. The molecule has 3 heteroatoms. The average molecular weight is 309 g/mol. The Hall–Kier alpha value is -2.26. The maximum absolute atomic E-state index is 6.30. The fraction of sp³-hybridized carbons (Fsp3) is 0.300. The molecule has 2 aromatic carbocycles. The van der Waals surface area contributed by atoms with Crippen LogP contribution in [0.15, 0.2) is 60.2 Å². The molecular formula is C20H23NO2. The van der Waals surface area contributed by atoms with Crippen molar-refractivity contribution in [2.45, 2.75) is 26.4 Å². The van der Waals surface area contributed by atoms with Gasteiger partial charge in [0.1, 0.15) is 11.9 Å². The van der Waals surface area contributed by atoms with E-state index in [0.29, 0.717) is 0 Å². The predicted octanol–water partition coefficient (Wildman–Crippen LogP) is 4.83. The second-order valence-electron chi connectivity index (χ2n) is 5.79. The van der Waals surface area contributed by atoms with Crippen molar-refractivity contribution < 1.29 is 9.57 Å². The molecule has 0 amide bonds. The lowest BCUT2D eigenvalue weighted by atomic mass is 9.98. The number of methoxy groups -OCH3 is 1. The molecule has 120 valence electrons. The highest BCUT2D eigenvalue weighted by atomic mass is 16.7. The Morgan fingerprint density at radius 3 is 2.39 bits per heavy atom. The predicted molar refractivity (Wildman–Crippen MR) is 93.7 cm³/mol. The van der Waals surface area contributed by atoms with Crippen LogP contribution >= 0.6 is 0 Å². The van der Waals surface area contributed by atoms with Crippen LogP contribution in [0.1, 0.15) is 30.6 Å². The molecule has 0 saturated carbocycles. The number of benzene rings is 2. The molecule has 1 heterocycles. The first kappa shape index (κ1) is 15.6. The zero-order chi connectivity index (χ0) is 16.2. The summed E-state index contributed by atoms with van der Waals surface area (Å²) in [6, 6.07) is 16.5. The summed E-state index contributed by atoms with van der Waals surface area (Å²) >= 11 is 0. The van der Waals surface area contributed by atoms with Crippen LogP contribution in [0.4, 0.5) is 5.69 Å². The van der Waals surface area contributed by atoms with E-state index in [1.807, 2.05) is 17.2 Å². The van der Waals surface area contributed by atoms with Gasteiger partial charge in [-0.25, -0.2) is 5.06 Å². The molecule has 3 nitrogen and oxygen atoms in total. The normalized spacial score (nSPS) is 17.8. The molecule has 0 fully saturated rings. The van der Waals surface area contributed by atoms with Crippen molar-refractivity contribution in [2.24, 2.45) is 0 Å². The Kier molecular flexibility index (Phi) is 4.68. The number of rotatable bonds is 4. The number of anilines is 1. The van der Waals surface area contributed by atoms with Gasteiger partial charge in [0, 0.05) is 0 Å². The van der Waals surface area contributed by atoms with Crippen LogP contribution in [0.25, 0.3) is 0 Å². The van der Waals surface area contributed by atoms with Crippen LogP contribution < -0.4 is 9.80 Å². The second-order valence-corrected chi connectivity index (χ2v) is 5.79. The Morgan fingerprint density at radius 2 is 1.78 bits per heavy atom. The summed E-state index contributed by atoms with van der Waals surface area (Å²) in [7, 11) is 1.68. The molecule has 0 aromatic heterocycles. The zero-order valence-electron chi connectivity index (χ0n) is 14.0. The van der Waals surface area contributed by atoms with Crippen molar-refractivity contribution >= 4 is 5.69 Å². The molecule has 0 unspecified atom stereocenters. The Bertz CT molecular complexity index is 674. The van der Waals surface area contributed by atoms with E-state index in [9.17, 15) is 0 Å². The summed E-state index contributed by atoms with van der Waals surface area (Å²) in [6.07, 6.45) is 3.22. The molecule has 1 aliphatic rings. The molecule has 0 bridgehead atoms. The quantitative estimate of drug-likeness (QED) is 0.755. The molecular weight excluding hydrogens is 286 g/mol. The highest BCUT2D eigenvalue weighted by Gasteiger charge is 2.24. The molecule has 0 spiro atoms. The van der Waals surface area contributed by atoms with Gasteiger partial charge in [0.05, 0.1) is 19.3 Å². The van der Waals surface area contributed by atoms with Crippen molar-refractivity contribution in [3.63, 3.8) is 0 Å². The number of nitrogens with zero attached hydrogens (tertiary/aromatic N) is 1. The van der Waals surface area contributed by atoms with Gasteiger partial charge in [-0.2, -0.15) is 0 Å². The van der Waals surface area contributed by atoms with Gasteiger partial charge in [0.2, 0.25) is 0 Å². The van der Waals surface area contributed by atoms with E-state index >= 15 is 0 Å². The second kappa shape index (κ2) is 6.88. The van der Waals surface area contributed by atoms with Crippen molar-refractivity contribution in [3.05, 3.63) is 71.3 Å². The molecule has 23 heavy (non-hydrogen) atoms. The minimum absolute atomic E-state index is 0.0408. The topological polar surface area (TPSA) is 21.7 Å². The Balaban J connectivity index is 1.86. The monoisotopic (exact) mass is 309 g/mol. The molecule has 2 aromatic rings. The smallest absolute Gasteiger partial charge is 0.132 e. The van der Waals surface area contributed by atoms with E-state index < -0.39 is 0 Å². The van der Waals surface area contributed by atoms with Gasteiger partial charge in [-0.05, 0) is 48.7 Å². The molecule has 1 atom stereocenters. The maximum atomic E-state index is 6.30. The van der Waals surface area contributed by atoms with E-state index in [-0.39, 0.29) is 6.10 Å². The summed E-state index contributed by atoms with van der Waals surface area (Å²) < 4.78 is 5.25. The van der Waals surface area contributed by atoms with Crippen LogP contribution in [0, 0.1) is 6.92 Å². The number of aryl methyl sites for hydroxylation is 1. The first-order valence-corrected chi connectivity index (χ1v) is 8.05. The van der Waals surface area contributed by atoms with Gasteiger partial charge in [0.25, 0.3) is 0 Å². The van der Waals surface area contributed by atoms with Gasteiger partial charge in [-0.1, -0.05) is 42.8 Å². The highest BCUT2D eigenvalue weighted by molar-refractivity contribution is 5.47. The fourth-order valence-corrected chi connectivity index (χ4v) is 2.81. The number of hydrogen-bond acceptors (Lipinski definition) is 3. The largest absolute Gasteiger partial charge is 0.497 e. The number of hydroxylamine groups is 1. The summed E-state index contributed by atoms with van der Waals surface area (Å²) in [6.45, 7) is 5.04. The van der Waals surface area contributed by atoms with Crippen LogP contribution in [0.2, 0.25) is 0 Å².